The Labute approximate surface area is 99.2 Å². The Balaban J connectivity index is 2.21. The van der Waals surface area contributed by atoms with Gasteiger partial charge < -0.3 is 11.1 Å². The number of anilines is 1. The van der Waals surface area contributed by atoms with E-state index in [1.807, 2.05) is 0 Å². The number of nitrogens with one attached hydrogen (secondary N) is 1. The topological polar surface area (TPSA) is 55.1 Å². The predicted molar refractivity (Wildman–Crippen MR) is 63.7 cm³/mol. The fourth-order valence-electron chi connectivity index (χ4n) is 1.46. The van der Waals surface area contributed by atoms with Crippen LogP contribution in [0, 0.1) is 23.6 Å². The van der Waals surface area contributed by atoms with Gasteiger partial charge in [-0.15, -0.1) is 0 Å². The molecular formula is C13H13FN2O. The molecule has 1 aliphatic rings. The lowest BCUT2D eigenvalue weighted by atomic mass is 10.1. The highest BCUT2D eigenvalue weighted by molar-refractivity contribution is 5.95. The zero-order valence-corrected chi connectivity index (χ0v) is 9.29. The van der Waals surface area contributed by atoms with Gasteiger partial charge in [0, 0.05) is 5.92 Å². The van der Waals surface area contributed by atoms with Crippen molar-refractivity contribution >= 4 is 11.6 Å². The molecule has 4 heteroatoms. The average molecular weight is 232 g/mol. The monoisotopic (exact) mass is 232 g/mol. The molecule has 0 atom stereocenters. The Kier molecular flexibility index (Phi) is 3.40. The summed E-state index contributed by atoms with van der Waals surface area (Å²) in [7, 11) is 0. The van der Waals surface area contributed by atoms with Crippen molar-refractivity contribution in [1.29, 1.82) is 0 Å². The summed E-state index contributed by atoms with van der Waals surface area (Å²) < 4.78 is 13.1. The number of benzene rings is 1. The minimum atomic E-state index is -0.379. The lowest BCUT2D eigenvalue weighted by molar-refractivity contribution is -0.117. The molecule has 1 amide bonds. The Bertz CT molecular complexity index is 498. The Morgan fingerprint density at radius 3 is 2.94 bits per heavy atom. The maximum atomic E-state index is 13.1. The molecule has 88 valence electrons. The third kappa shape index (κ3) is 3.05. The Morgan fingerprint density at radius 2 is 2.29 bits per heavy atom. The largest absolute Gasteiger partial charge is 0.325 e. The summed E-state index contributed by atoms with van der Waals surface area (Å²) in [5, 5.41) is 2.76. The number of amides is 1. The summed E-state index contributed by atoms with van der Waals surface area (Å²) in [5.41, 5.74) is 6.28. The number of nitrogens with two attached hydrogens (primary N) is 1. The van der Waals surface area contributed by atoms with Crippen LogP contribution < -0.4 is 11.1 Å². The standard InChI is InChI=1S/C13H13FN2O/c14-11-5-6-12(10(8-11)2-1-7-15)16-13(17)9-3-4-9/h5-6,8-9H,3-4,7,15H2,(H,16,17). The summed E-state index contributed by atoms with van der Waals surface area (Å²) in [6.07, 6.45) is 1.85. The van der Waals surface area contributed by atoms with Gasteiger partial charge in [0.05, 0.1) is 17.8 Å². The van der Waals surface area contributed by atoms with Crippen molar-refractivity contribution in [1.82, 2.24) is 0 Å². The normalized spacial score (nSPS) is 13.8. The number of carbonyl (C=O) groups is 1. The summed E-state index contributed by atoms with van der Waals surface area (Å²) in [4.78, 5) is 11.6. The third-order valence-corrected chi connectivity index (χ3v) is 2.51. The minimum Gasteiger partial charge on any atom is -0.325 e. The van der Waals surface area contributed by atoms with Crippen molar-refractivity contribution in [3.05, 3.63) is 29.6 Å². The van der Waals surface area contributed by atoms with Gasteiger partial charge in [0.2, 0.25) is 5.91 Å². The number of rotatable bonds is 2. The van der Waals surface area contributed by atoms with Gasteiger partial charge >= 0.3 is 0 Å². The van der Waals surface area contributed by atoms with Gasteiger partial charge in [-0.2, -0.15) is 0 Å². The molecule has 1 fully saturated rings. The lowest BCUT2D eigenvalue weighted by Crippen LogP contribution is -2.14. The number of halogens is 1. The van der Waals surface area contributed by atoms with Gasteiger partial charge in [0.25, 0.3) is 0 Å². The van der Waals surface area contributed by atoms with Crippen molar-refractivity contribution in [3.8, 4) is 11.8 Å². The molecule has 0 unspecified atom stereocenters. The van der Waals surface area contributed by atoms with Crippen LogP contribution in [0.3, 0.4) is 0 Å². The number of hydrogen-bond donors (Lipinski definition) is 2. The van der Waals surface area contributed by atoms with Crippen LogP contribution in [-0.2, 0) is 4.79 Å². The zero-order chi connectivity index (χ0) is 12.3. The van der Waals surface area contributed by atoms with E-state index in [2.05, 4.69) is 17.2 Å². The molecular weight excluding hydrogens is 219 g/mol. The molecule has 0 bridgehead atoms. The van der Waals surface area contributed by atoms with Crippen LogP contribution in [0.25, 0.3) is 0 Å². The molecule has 0 saturated heterocycles. The first-order valence-corrected chi connectivity index (χ1v) is 5.50. The van der Waals surface area contributed by atoms with E-state index in [1.54, 1.807) is 0 Å². The minimum absolute atomic E-state index is 0.0209. The maximum Gasteiger partial charge on any atom is 0.227 e. The van der Waals surface area contributed by atoms with E-state index in [-0.39, 0.29) is 24.2 Å². The van der Waals surface area contributed by atoms with Crippen LogP contribution in [0.1, 0.15) is 18.4 Å². The van der Waals surface area contributed by atoms with Crippen LogP contribution in [0.5, 0.6) is 0 Å². The summed E-state index contributed by atoms with van der Waals surface area (Å²) >= 11 is 0. The molecule has 2 rings (SSSR count). The van der Waals surface area contributed by atoms with E-state index < -0.39 is 0 Å². The molecule has 1 aliphatic carbocycles. The van der Waals surface area contributed by atoms with E-state index in [0.29, 0.717) is 11.3 Å². The Hall–Kier alpha value is -1.86. The van der Waals surface area contributed by atoms with Gasteiger partial charge in [-0.05, 0) is 31.0 Å². The van der Waals surface area contributed by atoms with Crippen molar-refractivity contribution in [2.24, 2.45) is 11.7 Å². The summed E-state index contributed by atoms with van der Waals surface area (Å²) in [6, 6.07) is 4.12. The van der Waals surface area contributed by atoms with Crippen molar-refractivity contribution < 1.29 is 9.18 Å². The molecule has 0 spiro atoms. The van der Waals surface area contributed by atoms with Crippen LogP contribution >= 0.6 is 0 Å². The second kappa shape index (κ2) is 4.98. The van der Waals surface area contributed by atoms with Gasteiger partial charge in [-0.3, -0.25) is 4.79 Å². The highest BCUT2D eigenvalue weighted by Gasteiger charge is 2.29. The van der Waals surface area contributed by atoms with Gasteiger partial charge in [-0.25, -0.2) is 4.39 Å². The molecule has 3 N–H and O–H groups in total. The summed E-state index contributed by atoms with van der Waals surface area (Å²) in [6.45, 7) is 0.201. The van der Waals surface area contributed by atoms with Crippen molar-refractivity contribution in [2.75, 3.05) is 11.9 Å². The number of hydrogen-bond acceptors (Lipinski definition) is 2. The SMILES string of the molecule is NCC#Cc1cc(F)ccc1NC(=O)C1CC1. The van der Waals surface area contributed by atoms with Crippen LogP contribution in [0.15, 0.2) is 18.2 Å². The Morgan fingerprint density at radius 1 is 1.53 bits per heavy atom. The smallest absolute Gasteiger partial charge is 0.227 e. The van der Waals surface area contributed by atoms with E-state index >= 15 is 0 Å². The van der Waals surface area contributed by atoms with E-state index in [4.69, 9.17) is 5.73 Å². The first-order valence-electron chi connectivity index (χ1n) is 5.50. The van der Waals surface area contributed by atoms with Crippen molar-refractivity contribution in [3.63, 3.8) is 0 Å². The first kappa shape index (κ1) is 11.6. The van der Waals surface area contributed by atoms with Gasteiger partial charge in [0.1, 0.15) is 5.82 Å². The molecule has 0 aliphatic heterocycles. The van der Waals surface area contributed by atoms with Crippen molar-refractivity contribution in [2.45, 2.75) is 12.8 Å². The highest BCUT2D eigenvalue weighted by Crippen LogP contribution is 2.30. The van der Waals surface area contributed by atoms with E-state index in [1.165, 1.54) is 18.2 Å². The van der Waals surface area contributed by atoms with Crippen LogP contribution in [0.4, 0.5) is 10.1 Å². The maximum absolute atomic E-state index is 13.1. The third-order valence-electron chi connectivity index (χ3n) is 2.51. The molecule has 17 heavy (non-hydrogen) atoms. The molecule has 1 aromatic carbocycles. The van der Waals surface area contributed by atoms with E-state index in [9.17, 15) is 9.18 Å². The molecule has 1 saturated carbocycles. The lowest BCUT2D eigenvalue weighted by Gasteiger charge is -2.06. The molecule has 1 aromatic rings. The fourth-order valence-corrected chi connectivity index (χ4v) is 1.46. The molecule has 0 radical (unpaired) electrons. The van der Waals surface area contributed by atoms with Crippen LogP contribution in [0.2, 0.25) is 0 Å². The zero-order valence-electron chi connectivity index (χ0n) is 9.29. The first-order chi connectivity index (χ1) is 8.20. The second-order valence-electron chi connectivity index (χ2n) is 3.96. The van der Waals surface area contributed by atoms with Crippen LogP contribution in [-0.4, -0.2) is 12.5 Å². The van der Waals surface area contributed by atoms with E-state index in [0.717, 1.165) is 12.8 Å². The quantitative estimate of drug-likeness (QED) is 0.759. The fraction of sp³-hybridized carbons (Fsp3) is 0.308. The molecule has 0 aromatic heterocycles. The summed E-state index contributed by atoms with van der Waals surface area (Å²) in [5.74, 6) is 5.11. The average Bonchev–Trinajstić information content (AvgIpc) is 3.13. The highest BCUT2D eigenvalue weighted by atomic mass is 19.1. The number of carbonyl (C=O) groups excluding carboxylic acids is 1. The predicted octanol–water partition coefficient (Wildman–Crippen LogP) is 1.48. The second-order valence-corrected chi connectivity index (χ2v) is 3.96. The molecule has 0 heterocycles. The van der Waals surface area contributed by atoms with Gasteiger partial charge in [-0.1, -0.05) is 11.8 Å². The molecule has 3 nitrogen and oxygen atoms in total. The van der Waals surface area contributed by atoms with Gasteiger partial charge in [0.15, 0.2) is 0 Å².